The molecule has 3 heterocycles. The number of likely N-dealkylation sites (N-methyl/N-ethyl adjacent to an activating group) is 1. The SMILES string of the molecule is Cc1cc(C)c(O)c(NC(=O)c2cc3ccc(-c4cnc(N5CCN(C)CC5)nc4)cc3o2)c1. The number of benzene rings is 2. The lowest BCUT2D eigenvalue weighted by atomic mass is 10.1. The summed E-state index contributed by atoms with van der Waals surface area (Å²) in [6.45, 7) is 7.53. The van der Waals surface area contributed by atoms with Crippen LogP contribution in [0.3, 0.4) is 0 Å². The average molecular weight is 458 g/mol. The Hall–Kier alpha value is -3.91. The molecule has 0 saturated carbocycles. The first-order valence-corrected chi connectivity index (χ1v) is 11.3. The molecular weight excluding hydrogens is 430 g/mol. The summed E-state index contributed by atoms with van der Waals surface area (Å²) in [5.41, 5.74) is 4.39. The zero-order valence-corrected chi connectivity index (χ0v) is 19.5. The Kier molecular flexibility index (Phi) is 5.67. The van der Waals surface area contributed by atoms with E-state index in [0.717, 1.165) is 54.2 Å². The Bertz CT molecular complexity index is 1360. The zero-order chi connectivity index (χ0) is 23.8. The Morgan fingerprint density at radius 2 is 1.74 bits per heavy atom. The fourth-order valence-corrected chi connectivity index (χ4v) is 4.20. The van der Waals surface area contributed by atoms with Crippen LogP contribution in [0.15, 0.2) is 53.2 Å². The molecular formula is C26H27N5O3. The van der Waals surface area contributed by atoms with E-state index in [-0.39, 0.29) is 11.5 Å². The molecule has 8 heteroatoms. The molecule has 2 N–H and O–H groups in total. The summed E-state index contributed by atoms with van der Waals surface area (Å²) in [4.78, 5) is 26.4. The zero-order valence-electron chi connectivity index (χ0n) is 19.5. The number of hydrogen-bond donors (Lipinski definition) is 2. The van der Waals surface area contributed by atoms with E-state index in [1.807, 2.05) is 43.6 Å². The third-order valence-electron chi connectivity index (χ3n) is 6.19. The quantitative estimate of drug-likeness (QED) is 0.443. The van der Waals surface area contributed by atoms with Gasteiger partial charge in [-0.3, -0.25) is 4.79 Å². The number of carbonyl (C=O) groups is 1. The van der Waals surface area contributed by atoms with Crippen LogP contribution in [0.25, 0.3) is 22.1 Å². The van der Waals surface area contributed by atoms with Crippen molar-refractivity contribution in [3.63, 3.8) is 0 Å². The van der Waals surface area contributed by atoms with E-state index in [2.05, 4.69) is 32.1 Å². The van der Waals surface area contributed by atoms with Crippen molar-refractivity contribution in [2.75, 3.05) is 43.4 Å². The van der Waals surface area contributed by atoms with Crippen molar-refractivity contribution in [1.82, 2.24) is 14.9 Å². The Morgan fingerprint density at radius 3 is 2.47 bits per heavy atom. The molecule has 1 saturated heterocycles. The molecule has 4 aromatic rings. The molecule has 0 spiro atoms. The predicted molar refractivity (Wildman–Crippen MR) is 132 cm³/mol. The van der Waals surface area contributed by atoms with Gasteiger partial charge in [0.25, 0.3) is 5.91 Å². The number of phenolic OH excluding ortho intramolecular Hbond substituents is 1. The smallest absolute Gasteiger partial charge is 0.291 e. The number of rotatable bonds is 4. The molecule has 8 nitrogen and oxygen atoms in total. The first-order valence-electron chi connectivity index (χ1n) is 11.3. The molecule has 2 aromatic carbocycles. The van der Waals surface area contributed by atoms with Gasteiger partial charge in [0.05, 0.1) is 5.69 Å². The molecule has 1 fully saturated rings. The summed E-state index contributed by atoms with van der Waals surface area (Å²) >= 11 is 0. The lowest BCUT2D eigenvalue weighted by Gasteiger charge is -2.32. The molecule has 1 aliphatic rings. The number of piperazine rings is 1. The highest BCUT2D eigenvalue weighted by Gasteiger charge is 2.18. The van der Waals surface area contributed by atoms with Crippen molar-refractivity contribution >= 4 is 28.5 Å². The highest BCUT2D eigenvalue weighted by atomic mass is 16.3. The van der Waals surface area contributed by atoms with Gasteiger partial charge in [-0.15, -0.1) is 0 Å². The van der Waals surface area contributed by atoms with Crippen LogP contribution in [0.5, 0.6) is 5.75 Å². The van der Waals surface area contributed by atoms with Crippen molar-refractivity contribution < 1.29 is 14.3 Å². The molecule has 0 unspecified atom stereocenters. The maximum Gasteiger partial charge on any atom is 0.291 e. The van der Waals surface area contributed by atoms with Crippen molar-refractivity contribution in [3.05, 3.63) is 65.7 Å². The fourth-order valence-electron chi connectivity index (χ4n) is 4.20. The van der Waals surface area contributed by atoms with Crippen molar-refractivity contribution in [1.29, 1.82) is 0 Å². The van der Waals surface area contributed by atoms with E-state index in [9.17, 15) is 9.90 Å². The van der Waals surface area contributed by atoms with Crippen LogP contribution >= 0.6 is 0 Å². The van der Waals surface area contributed by atoms with Crippen LogP contribution in [-0.2, 0) is 0 Å². The lowest BCUT2D eigenvalue weighted by molar-refractivity contribution is 0.0998. The summed E-state index contributed by atoms with van der Waals surface area (Å²) < 4.78 is 5.85. The third-order valence-corrected chi connectivity index (χ3v) is 6.19. The first-order chi connectivity index (χ1) is 16.4. The van der Waals surface area contributed by atoms with Crippen LogP contribution in [-0.4, -0.2) is 59.1 Å². The van der Waals surface area contributed by atoms with Crippen LogP contribution in [0.1, 0.15) is 21.7 Å². The summed E-state index contributed by atoms with van der Waals surface area (Å²) in [5, 5.41) is 13.8. The molecule has 5 rings (SSSR count). The van der Waals surface area contributed by atoms with Crippen molar-refractivity contribution in [2.24, 2.45) is 0 Å². The molecule has 1 amide bonds. The number of aromatic nitrogens is 2. The highest BCUT2D eigenvalue weighted by Crippen LogP contribution is 2.31. The molecule has 34 heavy (non-hydrogen) atoms. The number of furan rings is 1. The second-order valence-corrected chi connectivity index (χ2v) is 8.86. The van der Waals surface area contributed by atoms with Gasteiger partial charge in [-0.1, -0.05) is 18.2 Å². The number of aryl methyl sites for hydroxylation is 2. The second kappa shape index (κ2) is 8.79. The summed E-state index contributed by atoms with van der Waals surface area (Å²) in [6, 6.07) is 11.0. The number of aromatic hydroxyl groups is 1. The largest absolute Gasteiger partial charge is 0.505 e. The summed E-state index contributed by atoms with van der Waals surface area (Å²) in [5.74, 6) is 0.548. The van der Waals surface area contributed by atoms with E-state index in [4.69, 9.17) is 4.42 Å². The summed E-state index contributed by atoms with van der Waals surface area (Å²) in [7, 11) is 2.12. The van der Waals surface area contributed by atoms with Gasteiger partial charge in [0.15, 0.2) is 5.76 Å². The maximum atomic E-state index is 12.8. The Balaban J connectivity index is 1.35. The van der Waals surface area contributed by atoms with E-state index in [0.29, 0.717) is 16.8 Å². The Morgan fingerprint density at radius 1 is 1.00 bits per heavy atom. The number of carbonyl (C=O) groups excluding carboxylic acids is 1. The molecule has 0 bridgehead atoms. The molecule has 1 aliphatic heterocycles. The normalized spacial score (nSPS) is 14.5. The predicted octanol–water partition coefficient (Wildman–Crippen LogP) is 4.22. The second-order valence-electron chi connectivity index (χ2n) is 8.86. The minimum atomic E-state index is -0.419. The van der Waals surface area contributed by atoms with Crippen molar-refractivity contribution in [3.8, 4) is 16.9 Å². The van der Waals surface area contributed by atoms with Gasteiger partial charge >= 0.3 is 0 Å². The molecule has 174 valence electrons. The number of hydrogen-bond acceptors (Lipinski definition) is 7. The van der Waals surface area contributed by atoms with Crippen LogP contribution in [0.2, 0.25) is 0 Å². The number of anilines is 2. The first kappa shape index (κ1) is 21.9. The van der Waals surface area contributed by atoms with Gasteiger partial charge in [-0.2, -0.15) is 0 Å². The highest BCUT2D eigenvalue weighted by molar-refractivity contribution is 6.05. The van der Waals surface area contributed by atoms with E-state index in [1.165, 1.54) is 0 Å². The van der Waals surface area contributed by atoms with Crippen LogP contribution in [0, 0.1) is 13.8 Å². The summed E-state index contributed by atoms with van der Waals surface area (Å²) in [6.07, 6.45) is 3.64. The maximum absolute atomic E-state index is 12.8. The van der Waals surface area contributed by atoms with Gasteiger partial charge in [0, 0.05) is 49.5 Å². The monoisotopic (exact) mass is 457 g/mol. The van der Waals surface area contributed by atoms with Gasteiger partial charge in [-0.25, -0.2) is 9.97 Å². The number of nitrogens with zero attached hydrogens (tertiary/aromatic N) is 4. The van der Waals surface area contributed by atoms with E-state index >= 15 is 0 Å². The average Bonchev–Trinajstić information content (AvgIpc) is 3.26. The van der Waals surface area contributed by atoms with Gasteiger partial charge in [-0.05, 0) is 55.8 Å². The molecule has 0 aliphatic carbocycles. The van der Waals surface area contributed by atoms with E-state index in [1.54, 1.807) is 19.1 Å². The fraction of sp³-hybridized carbons (Fsp3) is 0.269. The topological polar surface area (TPSA) is 94.7 Å². The standard InChI is InChI=1S/C26H27N5O3/c1-16-10-17(2)24(32)21(11-16)29-25(33)23-13-19-5-4-18(12-22(19)34-23)20-14-27-26(28-15-20)31-8-6-30(3)7-9-31/h4-5,10-15,32H,6-9H2,1-3H3,(H,29,33). The van der Waals surface area contributed by atoms with Crippen LogP contribution < -0.4 is 10.2 Å². The third kappa shape index (κ3) is 4.32. The lowest BCUT2D eigenvalue weighted by Crippen LogP contribution is -2.45. The minimum absolute atomic E-state index is 0.0531. The number of fused-ring (bicyclic) bond motifs is 1. The van der Waals surface area contributed by atoms with Gasteiger partial charge in [0.2, 0.25) is 5.95 Å². The minimum Gasteiger partial charge on any atom is -0.505 e. The molecule has 0 atom stereocenters. The Labute approximate surface area is 197 Å². The van der Waals surface area contributed by atoms with Crippen molar-refractivity contribution in [2.45, 2.75) is 13.8 Å². The number of nitrogens with one attached hydrogen (secondary N) is 1. The van der Waals surface area contributed by atoms with E-state index < -0.39 is 5.91 Å². The molecule has 2 aromatic heterocycles. The van der Waals surface area contributed by atoms with Gasteiger partial charge in [0.1, 0.15) is 11.3 Å². The number of amides is 1. The van der Waals surface area contributed by atoms with Crippen LogP contribution in [0.4, 0.5) is 11.6 Å². The number of phenols is 1. The molecule has 0 radical (unpaired) electrons. The van der Waals surface area contributed by atoms with Gasteiger partial charge < -0.3 is 24.6 Å².